The van der Waals surface area contributed by atoms with Gasteiger partial charge in [-0.1, -0.05) is 12.1 Å². The summed E-state index contributed by atoms with van der Waals surface area (Å²) in [5.74, 6) is 0. The van der Waals surface area contributed by atoms with E-state index in [1.165, 1.54) is 0 Å². The van der Waals surface area contributed by atoms with Gasteiger partial charge in [0.1, 0.15) is 0 Å². The molecule has 0 spiro atoms. The number of rotatable bonds is 5. The van der Waals surface area contributed by atoms with Crippen LogP contribution >= 0.6 is 0 Å². The molecule has 1 heterocycles. The molecule has 20 heavy (non-hydrogen) atoms. The SMILES string of the molecule is CNCc1ccc(C)c(S(=O)(=O)NC2CCOC2C)c1. The van der Waals surface area contributed by atoms with Gasteiger partial charge in [0.15, 0.2) is 0 Å². The number of hydrogen-bond acceptors (Lipinski definition) is 4. The average molecular weight is 298 g/mol. The molecule has 2 N–H and O–H groups in total. The van der Waals surface area contributed by atoms with Gasteiger partial charge >= 0.3 is 0 Å². The lowest BCUT2D eigenvalue weighted by molar-refractivity contribution is 0.117. The number of sulfonamides is 1. The lowest BCUT2D eigenvalue weighted by atomic mass is 10.1. The molecule has 0 aromatic heterocycles. The second kappa shape index (κ2) is 6.22. The Hall–Kier alpha value is -0.950. The van der Waals surface area contributed by atoms with Crippen LogP contribution in [0.1, 0.15) is 24.5 Å². The molecule has 112 valence electrons. The first-order valence-electron chi connectivity index (χ1n) is 6.82. The molecule has 1 aromatic rings. The van der Waals surface area contributed by atoms with Gasteiger partial charge in [0.25, 0.3) is 0 Å². The largest absolute Gasteiger partial charge is 0.377 e. The summed E-state index contributed by atoms with van der Waals surface area (Å²) in [6.45, 7) is 4.95. The first-order valence-corrected chi connectivity index (χ1v) is 8.30. The molecule has 0 saturated carbocycles. The Kier molecular flexibility index (Phi) is 4.80. The van der Waals surface area contributed by atoms with Gasteiger partial charge in [0.2, 0.25) is 10.0 Å². The second-order valence-electron chi connectivity index (χ2n) is 5.22. The molecule has 2 rings (SSSR count). The molecular formula is C14H22N2O3S. The Morgan fingerprint density at radius 3 is 2.75 bits per heavy atom. The van der Waals surface area contributed by atoms with Crippen molar-refractivity contribution in [3.8, 4) is 0 Å². The minimum atomic E-state index is -3.51. The van der Waals surface area contributed by atoms with E-state index in [1.807, 2.05) is 33.0 Å². The summed E-state index contributed by atoms with van der Waals surface area (Å²) >= 11 is 0. The molecule has 1 aliphatic heterocycles. The Morgan fingerprint density at radius 2 is 2.15 bits per heavy atom. The molecule has 1 fully saturated rings. The smallest absolute Gasteiger partial charge is 0.241 e. The number of benzene rings is 1. The summed E-state index contributed by atoms with van der Waals surface area (Å²) in [5.41, 5.74) is 1.71. The van der Waals surface area contributed by atoms with Gasteiger partial charge in [-0.3, -0.25) is 0 Å². The van der Waals surface area contributed by atoms with Crippen LogP contribution in [-0.2, 0) is 21.3 Å². The molecule has 6 heteroatoms. The van der Waals surface area contributed by atoms with Crippen LogP contribution < -0.4 is 10.0 Å². The predicted octanol–water partition coefficient (Wildman–Crippen LogP) is 1.17. The van der Waals surface area contributed by atoms with E-state index in [1.54, 1.807) is 6.07 Å². The Labute approximate surface area is 120 Å². The van der Waals surface area contributed by atoms with Gasteiger partial charge in [-0.25, -0.2) is 13.1 Å². The van der Waals surface area contributed by atoms with Crippen LogP contribution in [0.15, 0.2) is 23.1 Å². The Balaban J connectivity index is 2.26. The lowest BCUT2D eigenvalue weighted by Gasteiger charge is -2.17. The van der Waals surface area contributed by atoms with Crippen molar-refractivity contribution in [3.05, 3.63) is 29.3 Å². The molecule has 0 amide bonds. The number of ether oxygens (including phenoxy) is 1. The normalized spacial score (nSPS) is 23.1. The van der Waals surface area contributed by atoms with E-state index in [0.717, 1.165) is 17.5 Å². The summed E-state index contributed by atoms with van der Waals surface area (Å²) in [5, 5.41) is 3.03. The Bertz CT molecular complexity index is 572. The molecule has 1 aliphatic rings. The number of hydrogen-bond donors (Lipinski definition) is 2. The van der Waals surface area contributed by atoms with Crippen LogP contribution in [0.2, 0.25) is 0 Å². The van der Waals surface area contributed by atoms with Crippen LogP contribution in [0.3, 0.4) is 0 Å². The lowest BCUT2D eigenvalue weighted by Crippen LogP contribution is -2.39. The third kappa shape index (κ3) is 3.38. The summed E-state index contributed by atoms with van der Waals surface area (Å²) in [6, 6.07) is 5.36. The first kappa shape index (κ1) is 15.4. The average Bonchev–Trinajstić information content (AvgIpc) is 2.77. The fourth-order valence-electron chi connectivity index (χ4n) is 2.40. The highest BCUT2D eigenvalue weighted by molar-refractivity contribution is 7.89. The van der Waals surface area contributed by atoms with E-state index in [4.69, 9.17) is 4.74 Å². The zero-order valence-corrected chi connectivity index (χ0v) is 13.0. The van der Waals surface area contributed by atoms with Crippen LogP contribution in [-0.4, -0.2) is 34.2 Å². The molecule has 2 atom stereocenters. The standard InChI is InChI=1S/C14H22N2O3S/c1-10-4-5-12(9-15-3)8-14(10)20(17,18)16-13-6-7-19-11(13)2/h4-5,8,11,13,15-16H,6-7,9H2,1-3H3. The summed E-state index contributed by atoms with van der Waals surface area (Å²) in [4.78, 5) is 0.351. The van der Waals surface area contributed by atoms with Gasteiger partial charge < -0.3 is 10.1 Å². The van der Waals surface area contributed by atoms with Gasteiger partial charge in [-0.05, 0) is 44.5 Å². The van der Waals surface area contributed by atoms with E-state index < -0.39 is 10.0 Å². The van der Waals surface area contributed by atoms with Crippen molar-refractivity contribution in [3.63, 3.8) is 0 Å². The van der Waals surface area contributed by atoms with E-state index in [2.05, 4.69) is 10.0 Å². The van der Waals surface area contributed by atoms with Crippen molar-refractivity contribution in [2.75, 3.05) is 13.7 Å². The third-order valence-electron chi connectivity index (χ3n) is 3.61. The van der Waals surface area contributed by atoms with E-state index in [0.29, 0.717) is 18.0 Å². The molecular weight excluding hydrogens is 276 g/mol. The highest BCUT2D eigenvalue weighted by Gasteiger charge is 2.29. The molecule has 1 aromatic carbocycles. The minimum absolute atomic E-state index is 0.0782. The maximum atomic E-state index is 12.5. The van der Waals surface area contributed by atoms with Crippen molar-refractivity contribution in [1.82, 2.24) is 10.0 Å². The van der Waals surface area contributed by atoms with E-state index in [-0.39, 0.29) is 12.1 Å². The zero-order valence-electron chi connectivity index (χ0n) is 12.1. The zero-order chi connectivity index (χ0) is 14.8. The summed E-state index contributed by atoms with van der Waals surface area (Å²) in [7, 11) is -1.67. The first-order chi connectivity index (χ1) is 9.44. The Morgan fingerprint density at radius 1 is 1.40 bits per heavy atom. The van der Waals surface area contributed by atoms with Crippen molar-refractivity contribution in [2.45, 2.75) is 43.9 Å². The van der Waals surface area contributed by atoms with Gasteiger partial charge in [-0.2, -0.15) is 0 Å². The number of nitrogens with one attached hydrogen (secondary N) is 2. The van der Waals surface area contributed by atoms with E-state index >= 15 is 0 Å². The van der Waals surface area contributed by atoms with Crippen molar-refractivity contribution < 1.29 is 13.2 Å². The second-order valence-corrected chi connectivity index (χ2v) is 6.90. The molecule has 1 saturated heterocycles. The summed E-state index contributed by atoms with van der Waals surface area (Å²) < 4.78 is 33.2. The molecule has 0 radical (unpaired) electrons. The van der Waals surface area contributed by atoms with Crippen molar-refractivity contribution in [1.29, 1.82) is 0 Å². The molecule has 5 nitrogen and oxygen atoms in total. The third-order valence-corrected chi connectivity index (χ3v) is 5.24. The summed E-state index contributed by atoms with van der Waals surface area (Å²) in [6.07, 6.45) is 0.640. The fraction of sp³-hybridized carbons (Fsp3) is 0.571. The van der Waals surface area contributed by atoms with Gasteiger partial charge in [0.05, 0.1) is 17.0 Å². The quantitative estimate of drug-likeness (QED) is 0.856. The molecule has 0 bridgehead atoms. The van der Waals surface area contributed by atoms with Crippen LogP contribution in [0.25, 0.3) is 0 Å². The number of aryl methyl sites for hydroxylation is 1. The molecule has 0 aliphatic carbocycles. The fourth-order valence-corrected chi connectivity index (χ4v) is 4.03. The van der Waals surface area contributed by atoms with Crippen molar-refractivity contribution >= 4 is 10.0 Å². The highest BCUT2D eigenvalue weighted by Crippen LogP contribution is 2.20. The predicted molar refractivity (Wildman–Crippen MR) is 78.1 cm³/mol. The minimum Gasteiger partial charge on any atom is -0.377 e. The molecule has 2 unspecified atom stereocenters. The maximum Gasteiger partial charge on any atom is 0.241 e. The highest BCUT2D eigenvalue weighted by atomic mass is 32.2. The van der Waals surface area contributed by atoms with Crippen LogP contribution in [0.4, 0.5) is 0 Å². The van der Waals surface area contributed by atoms with Crippen LogP contribution in [0, 0.1) is 6.92 Å². The van der Waals surface area contributed by atoms with E-state index in [9.17, 15) is 8.42 Å². The van der Waals surface area contributed by atoms with Gasteiger partial charge in [0, 0.05) is 13.2 Å². The monoisotopic (exact) mass is 298 g/mol. The van der Waals surface area contributed by atoms with Crippen LogP contribution in [0.5, 0.6) is 0 Å². The topological polar surface area (TPSA) is 67.4 Å². The maximum absolute atomic E-state index is 12.5. The van der Waals surface area contributed by atoms with Gasteiger partial charge in [-0.15, -0.1) is 0 Å². The van der Waals surface area contributed by atoms with Crippen molar-refractivity contribution in [2.24, 2.45) is 0 Å².